The van der Waals surface area contributed by atoms with Crippen LogP contribution in [0.3, 0.4) is 0 Å². The number of halogens is 1. The second kappa shape index (κ2) is 6.59. The lowest BCUT2D eigenvalue weighted by Crippen LogP contribution is -2.30. The van der Waals surface area contributed by atoms with Crippen LogP contribution in [0.1, 0.15) is 25.0 Å². The standard InChI is InChI=1S/C17H16ClN3O/c1-10(2)20-17(22)14(9-19)8-13-7-12-6-4-5-11(3)15(12)21-16(13)18/h4-8,10H,1-3H3,(H,20,22)/b14-8+. The average Bonchev–Trinajstić information content (AvgIpc) is 2.45. The van der Waals surface area contributed by atoms with E-state index in [9.17, 15) is 10.1 Å². The van der Waals surface area contributed by atoms with Crippen molar-refractivity contribution in [2.45, 2.75) is 26.8 Å². The highest BCUT2D eigenvalue weighted by molar-refractivity contribution is 6.31. The van der Waals surface area contributed by atoms with Crippen LogP contribution in [0.4, 0.5) is 0 Å². The van der Waals surface area contributed by atoms with E-state index in [4.69, 9.17) is 11.6 Å². The van der Waals surface area contributed by atoms with E-state index in [-0.39, 0.29) is 16.8 Å². The number of nitriles is 1. The van der Waals surface area contributed by atoms with Gasteiger partial charge in [-0.1, -0.05) is 29.8 Å². The lowest BCUT2D eigenvalue weighted by molar-refractivity contribution is -0.117. The summed E-state index contributed by atoms with van der Waals surface area (Å²) in [6.07, 6.45) is 1.47. The van der Waals surface area contributed by atoms with Crippen LogP contribution in [0.15, 0.2) is 29.8 Å². The summed E-state index contributed by atoms with van der Waals surface area (Å²) in [4.78, 5) is 16.3. The van der Waals surface area contributed by atoms with E-state index in [1.165, 1.54) is 6.08 Å². The molecule has 1 aromatic carbocycles. The number of fused-ring (bicyclic) bond motifs is 1. The first-order valence-corrected chi connectivity index (χ1v) is 7.28. The fourth-order valence-corrected chi connectivity index (χ4v) is 2.28. The molecule has 0 atom stereocenters. The van der Waals surface area contributed by atoms with Gasteiger partial charge in [0.25, 0.3) is 5.91 Å². The molecule has 4 nitrogen and oxygen atoms in total. The van der Waals surface area contributed by atoms with E-state index < -0.39 is 5.91 Å². The van der Waals surface area contributed by atoms with Crippen LogP contribution < -0.4 is 5.32 Å². The van der Waals surface area contributed by atoms with Gasteiger partial charge in [0, 0.05) is 17.0 Å². The minimum Gasteiger partial charge on any atom is -0.349 e. The summed E-state index contributed by atoms with van der Waals surface area (Å²) in [7, 11) is 0. The van der Waals surface area contributed by atoms with Crippen molar-refractivity contribution < 1.29 is 4.79 Å². The van der Waals surface area contributed by atoms with Crippen LogP contribution in [0.2, 0.25) is 5.15 Å². The third-order valence-electron chi connectivity index (χ3n) is 3.11. The van der Waals surface area contributed by atoms with Gasteiger partial charge in [-0.25, -0.2) is 4.98 Å². The van der Waals surface area contributed by atoms with E-state index in [1.54, 1.807) is 0 Å². The van der Waals surface area contributed by atoms with Crippen LogP contribution in [-0.2, 0) is 4.79 Å². The molecule has 0 unspecified atom stereocenters. The molecule has 1 heterocycles. The Morgan fingerprint density at radius 3 is 2.82 bits per heavy atom. The summed E-state index contributed by atoms with van der Waals surface area (Å²) in [6.45, 7) is 5.62. The Balaban J connectivity index is 2.50. The number of amides is 1. The highest BCUT2D eigenvalue weighted by Crippen LogP contribution is 2.24. The van der Waals surface area contributed by atoms with Crippen molar-refractivity contribution in [1.29, 1.82) is 5.26 Å². The predicted octanol–water partition coefficient (Wildman–Crippen LogP) is 3.63. The molecular formula is C17H16ClN3O. The third kappa shape index (κ3) is 3.44. The van der Waals surface area contributed by atoms with Crippen molar-refractivity contribution >= 4 is 34.5 Å². The van der Waals surface area contributed by atoms with Crippen LogP contribution in [0.5, 0.6) is 0 Å². The first kappa shape index (κ1) is 16.0. The number of rotatable bonds is 3. The van der Waals surface area contributed by atoms with Crippen LogP contribution in [-0.4, -0.2) is 16.9 Å². The summed E-state index contributed by atoms with van der Waals surface area (Å²) < 4.78 is 0. The number of nitrogens with one attached hydrogen (secondary N) is 1. The fraction of sp³-hybridized carbons (Fsp3) is 0.235. The summed E-state index contributed by atoms with van der Waals surface area (Å²) in [6, 6.07) is 9.50. The predicted molar refractivity (Wildman–Crippen MR) is 88.4 cm³/mol. The molecule has 22 heavy (non-hydrogen) atoms. The Hall–Kier alpha value is -2.38. The van der Waals surface area contributed by atoms with Crippen molar-refractivity contribution in [2.75, 3.05) is 0 Å². The van der Waals surface area contributed by atoms with Gasteiger partial charge in [0.15, 0.2) is 0 Å². The number of nitrogens with zero attached hydrogens (tertiary/aromatic N) is 2. The molecule has 0 aliphatic rings. The number of benzene rings is 1. The van der Waals surface area contributed by atoms with Crippen molar-refractivity contribution in [2.24, 2.45) is 0 Å². The third-order valence-corrected chi connectivity index (χ3v) is 3.42. The minimum atomic E-state index is -0.419. The number of hydrogen-bond acceptors (Lipinski definition) is 3. The average molecular weight is 314 g/mol. The summed E-state index contributed by atoms with van der Waals surface area (Å²) in [5.74, 6) is -0.419. The maximum Gasteiger partial charge on any atom is 0.262 e. The molecular weight excluding hydrogens is 298 g/mol. The summed E-state index contributed by atoms with van der Waals surface area (Å²) in [5.41, 5.74) is 2.39. The number of aromatic nitrogens is 1. The van der Waals surface area contributed by atoms with Gasteiger partial charge in [-0.2, -0.15) is 5.26 Å². The molecule has 0 bridgehead atoms. The zero-order chi connectivity index (χ0) is 16.3. The Morgan fingerprint density at radius 2 is 2.18 bits per heavy atom. The van der Waals surface area contributed by atoms with Gasteiger partial charge in [0.05, 0.1) is 5.52 Å². The van der Waals surface area contributed by atoms with E-state index in [2.05, 4.69) is 10.3 Å². The topological polar surface area (TPSA) is 65.8 Å². The number of carbonyl (C=O) groups excluding carboxylic acids is 1. The molecule has 1 aromatic heterocycles. The Labute approximate surface area is 134 Å². The smallest absolute Gasteiger partial charge is 0.262 e. The van der Waals surface area contributed by atoms with E-state index in [1.807, 2.05) is 51.1 Å². The molecule has 0 aliphatic heterocycles. The van der Waals surface area contributed by atoms with Crippen LogP contribution in [0, 0.1) is 18.3 Å². The van der Waals surface area contributed by atoms with Crippen molar-refractivity contribution in [3.05, 3.63) is 46.1 Å². The van der Waals surface area contributed by atoms with Gasteiger partial charge in [-0.15, -0.1) is 0 Å². The summed E-state index contributed by atoms with van der Waals surface area (Å²) >= 11 is 6.19. The molecule has 112 valence electrons. The molecule has 0 saturated carbocycles. The Kier molecular flexibility index (Phi) is 4.79. The van der Waals surface area contributed by atoms with Gasteiger partial charge in [-0.05, 0) is 38.5 Å². The number of para-hydroxylation sites is 1. The van der Waals surface area contributed by atoms with Gasteiger partial charge in [0.2, 0.25) is 0 Å². The molecule has 0 spiro atoms. The zero-order valence-corrected chi connectivity index (χ0v) is 13.4. The quantitative estimate of drug-likeness (QED) is 0.534. The van der Waals surface area contributed by atoms with Crippen molar-refractivity contribution in [3.8, 4) is 6.07 Å². The highest BCUT2D eigenvalue weighted by atomic mass is 35.5. The molecule has 0 aliphatic carbocycles. The normalized spacial score (nSPS) is 11.5. The molecule has 2 rings (SSSR count). The second-order valence-electron chi connectivity index (χ2n) is 5.31. The van der Waals surface area contributed by atoms with E-state index in [0.717, 1.165) is 16.5 Å². The maximum absolute atomic E-state index is 12.0. The fourth-order valence-electron chi connectivity index (χ4n) is 2.09. The minimum absolute atomic E-state index is 0.00408. The van der Waals surface area contributed by atoms with Gasteiger partial charge in [0.1, 0.15) is 16.8 Å². The molecule has 1 N–H and O–H groups in total. The van der Waals surface area contributed by atoms with Crippen molar-refractivity contribution in [3.63, 3.8) is 0 Å². The largest absolute Gasteiger partial charge is 0.349 e. The van der Waals surface area contributed by atoms with Crippen LogP contribution in [0.25, 0.3) is 17.0 Å². The molecule has 2 aromatic rings. The molecule has 0 saturated heterocycles. The van der Waals surface area contributed by atoms with Gasteiger partial charge in [-0.3, -0.25) is 4.79 Å². The maximum atomic E-state index is 12.0. The van der Waals surface area contributed by atoms with E-state index in [0.29, 0.717) is 5.56 Å². The first-order chi connectivity index (χ1) is 10.4. The number of aryl methyl sites for hydroxylation is 1. The Morgan fingerprint density at radius 1 is 1.45 bits per heavy atom. The molecule has 1 amide bonds. The number of carbonyl (C=O) groups is 1. The Bertz CT molecular complexity index is 803. The lowest BCUT2D eigenvalue weighted by Gasteiger charge is -2.08. The first-order valence-electron chi connectivity index (χ1n) is 6.91. The summed E-state index contributed by atoms with van der Waals surface area (Å²) in [5, 5.41) is 13.0. The molecule has 0 radical (unpaired) electrons. The monoisotopic (exact) mass is 313 g/mol. The zero-order valence-electron chi connectivity index (χ0n) is 12.6. The van der Waals surface area contributed by atoms with Gasteiger partial charge >= 0.3 is 0 Å². The SMILES string of the molecule is Cc1cccc2cc(/C=C(\C#N)C(=O)NC(C)C)c(Cl)nc12. The second-order valence-corrected chi connectivity index (χ2v) is 5.67. The number of pyridine rings is 1. The van der Waals surface area contributed by atoms with E-state index >= 15 is 0 Å². The van der Waals surface area contributed by atoms with Gasteiger partial charge < -0.3 is 5.32 Å². The number of hydrogen-bond donors (Lipinski definition) is 1. The molecule has 5 heteroatoms. The molecule has 0 fully saturated rings. The lowest BCUT2D eigenvalue weighted by atomic mass is 10.1. The van der Waals surface area contributed by atoms with Crippen molar-refractivity contribution in [1.82, 2.24) is 10.3 Å². The highest BCUT2D eigenvalue weighted by Gasteiger charge is 2.12. The van der Waals surface area contributed by atoms with Crippen LogP contribution >= 0.6 is 11.6 Å².